The minimum atomic E-state index is -0.687. The van der Waals surface area contributed by atoms with E-state index >= 15 is 0 Å². The fourth-order valence-electron chi connectivity index (χ4n) is 3.84. The van der Waals surface area contributed by atoms with Crippen molar-refractivity contribution in [2.75, 3.05) is 7.11 Å². The Morgan fingerprint density at radius 2 is 1.84 bits per heavy atom. The monoisotopic (exact) mass is 417 g/mol. The number of pyridine rings is 1. The summed E-state index contributed by atoms with van der Waals surface area (Å²) in [7, 11) is 1.21. The predicted molar refractivity (Wildman–Crippen MR) is 115 cm³/mol. The second-order valence-electron chi connectivity index (χ2n) is 7.34. The zero-order valence-electron chi connectivity index (χ0n) is 17.9. The van der Waals surface area contributed by atoms with Crippen molar-refractivity contribution in [2.45, 2.75) is 33.4 Å². The van der Waals surface area contributed by atoms with Crippen LogP contribution in [-0.4, -0.2) is 28.0 Å². The highest BCUT2D eigenvalue weighted by molar-refractivity contribution is 5.97. The first-order valence-electron chi connectivity index (χ1n) is 9.78. The van der Waals surface area contributed by atoms with Gasteiger partial charge in [-0.2, -0.15) is 5.26 Å². The second-order valence-corrected chi connectivity index (χ2v) is 7.34. The number of hydrogen-bond donors (Lipinski definition) is 0. The third-order valence-electron chi connectivity index (χ3n) is 5.40. The Balaban J connectivity index is 1.98. The number of ketones is 1. The summed E-state index contributed by atoms with van der Waals surface area (Å²) >= 11 is 0. The van der Waals surface area contributed by atoms with Crippen LogP contribution in [0.1, 0.15) is 56.2 Å². The zero-order valence-corrected chi connectivity index (χ0v) is 17.9. The van der Waals surface area contributed by atoms with Crippen LogP contribution in [0.2, 0.25) is 0 Å². The van der Waals surface area contributed by atoms with Gasteiger partial charge < -0.3 is 13.9 Å². The number of esters is 1. The molecule has 0 fully saturated rings. The van der Waals surface area contributed by atoms with Crippen LogP contribution in [0.4, 0.5) is 0 Å². The molecular weight excluding hydrogens is 394 g/mol. The van der Waals surface area contributed by atoms with Crippen LogP contribution in [0.15, 0.2) is 53.5 Å². The topological polar surface area (TPSA) is 94.1 Å². The second kappa shape index (κ2) is 8.84. The Morgan fingerprint density at radius 1 is 1.16 bits per heavy atom. The zero-order chi connectivity index (χ0) is 22.7. The predicted octanol–water partition coefficient (Wildman–Crippen LogP) is 3.42. The molecule has 2 heterocycles. The molecule has 3 aromatic rings. The molecule has 0 amide bonds. The van der Waals surface area contributed by atoms with Crippen molar-refractivity contribution in [2.24, 2.45) is 0 Å². The van der Waals surface area contributed by atoms with Gasteiger partial charge in [0.1, 0.15) is 11.6 Å². The fourth-order valence-corrected chi connectivity index (χ4v) is 3.84. The summed E-state index contributed by atoms with van der Waals surface area (Å²) in [4.78, 5) is 37.5. The summed E-state index contributed by atoms with van der Waals surface area (Å²) < 4.78 is 7.84. The highest BCUT2D eigenvalue weighted by Gasteiger charge is 2.21. The molecule has 0 spiro atoms. The lowest BCUT2D eigenvalue weighted by molar-refractivity contribution is 0.0599. The lowest BCUT2D eigenvalue weighted by atomic mass is 10.1. The van der Waals surface area contributed by atoms with Crippen LogP contribution in [0.25, 0.3) is 0 Å². The number of carbonyl (C=O) groups excluding carboxylic acids is 2. The Labute approximate surface area is 180 Å². The standard InChI is InChI=1S/C24H23N3O4/c1-15-10-21(17(3)27(15)16(2)18-8-6-5-7-9-18)22(28)14-26-13-20(24(30)31-4)11-19(12-25)23(26)29/h5-11,13,16H,14H2,1-4H3/t16-/m1/s1. The highest BCUT2D eigenvalue weighted by Crippen LogP contribution is 2.26. The number of aromatic nitrogens is 2. The number of benzene rings is 1. The Morgan fingerprint density at radius 3 is 2.45 bits per heavy atom. The molecule has 0 saturated carbocycles. The average molecular weight is 417 g/mol. The molecule has 0 saturated heterocycles. The smallest absolute Gasteiger partial charge is 0.339 e. The van der Waals surface area contributed by atoms with Gasteiger partial charge in [-0.05, 0) is 38.5 Å². The van der Waals surface area contributed by atoms with Gasteiger partial charge in [0.15, 0.2) is 5.78 Å². The fraction of sp³-hybridized carbons (Fsp3) is 0.250. The van der Waals surface area contributed by atoms with Crippen molar-refractivity contribution in [1.29, 1.82) is 5.26 Å². The van der Waals surface area contributed by atoms with Gasteiger partial charge in [0.25, 0.3) is 5.56 Å². The lowest BCUT2D eigenvalue weighted by Crippen LogP contribution is -2.27. The molecule has 1 atom stereocenters. The van der Waals surface area contributed by atoms with E-state index in [1.165, 1.54) is 19.4 Å². The molecule has 3 rings (SSSR count). The summed E-state index contributed by atoms with van der Waals surface area (Å²) in [6.45, 7) is 5.57. The molecule has 0 aliphatic carbocycles. The average Bonchev–Trinajstić information content (AvgIpc) is 3.08. The third kappa shape index (κ3) is 4.19. The van der Waals surface area contributed by atoms with Crippen LogP contribution in [0.5, 0.6) is 0 Å². The van der Waals surface area contributed by atoms with E-state index in [-0.39, 0.29) is 29.5 Å². The number of aryl methyl sites for hydroxylation is 1. The van der Waals surface area contributed by atoms with Crippen LogP contribution in [0.3, 0.4) is 0 Å². The van der Waals surface area contributed by atoms with Crippen molar-refractivity contribution >= 4 is 11.8 Å². The minimum Gasteiger partial charge on any atom is -0.465 e. The molecule has 7 nitrogen and oxygen atoms in total. The molecular formula is C24H23N3O4. The molecule has 158 valence electrons. The molecule has 31 heavy (non-hydrogen) atoms. The van der Waals surface area contributed by atoms with Gasteiger partial charge in [-0.3, -0.25) is 9.59 Å². The number of nitriles is 1. The van der Waals surface area contributed by atoms with Gasteiger partial charge in [-0.25, -0.2) is 4.79 Å². The van der Waals surface area contributed by atoms with Crippen molar-refractivity contribution in [3.8, 4) is 6.07 Å². The van der Waals surface area contributed by atoms with Crippen molar-refractivity contribution in [3.63, 3.8) is 0 Å². The Kier molecular flexibility index (Phi) is 6.21. The number of methoxy groups -OCH3 is 1. The van der Waals surface area contributed by atoms with E-state index in [0.717, 1.165) is 21.5 Å². The summed E-state index contributed by atoms with van der Waals surface area (Å²) in [6.07, 6.45) is 1.25. The Hall–Kier alpha value is -3.92. The number of ether oxygens (including phenoxy) is 1. The molecule has 0 N–H and O–H groups in total. The van der Waals surface area contributed by atoms with Crippen molar-refractivity contribution in [1.82, 2.24) is 9.13 Å². The van der Waals surface area contributed by atoms with Gasteiger partial charge >= 0.3 is 5.97 Å². The summed E-state index contributed by atoms with van der Waals surface area (Å²) in [6, 6.07) is 14.7. The van der Waals surface area contributed by atoms with Gasteiger partial charge in [0.2, 0.25) is 0 Å². The van der Waals surface area contributed by atoms with E-state index in [0.29, 0.717) is 5.56 Å². The van der Waals surface area contributed by atoms with Crippen LogP contribution < -0.4 is 5.56 Å². The SMILES string of the molecule is COC(=O)c1cc(C#N)c(=O)n(CC(=O)c2cc(C)n([C@H](C)c3ccccc3)c2C)c1. The van der Waals surface area contributed by atoms with Gasteiger partial charge in [-0.15, -0.1) is 0 Å². The van der Waals surface area contributed by atoms with Crippen LogP contribution >= 0.6 is 0 Å². The van der Waals surface area contributed by atoms with Crippen molar-refractivity contribution in [3.05, 3.63) is 92.7 Å². The maximum absolute atomic E-state index is 13.1. The van der Waals surface area contributed by atoms with E-state index in [9.17, 15) is 19.6 Å². The van der Waals surface area contributed by atoms with E-state index in [1.807, 2.05) is 44.2 Å². The summed E-state index contributed by atoms with van der Waals surface area (Å²) in [5.74, 6) is -0.972. The molecule has 1 aromatic carbocycles. The normalized spacial score (nSPS) is 11.6. The van der Waals surface area contributed by atoms with Crippen LogP contribution in [0, 0.1) is 25.2 Å². The van der Waals surface area contributed by atoms with Gasteiger partial charge in [0.05, 0.1) is 25.3 Å². The number of rotatable bonds is 6. The number of Topliss-reactive ketones (excluding diaryl/α,β-unsaturated/α-hetero) is 1. The van der Waals surface area contributed by atoms with Crippen molar-refractivity contribution < 1.29 is 14.3 Å². The first-order chi connectivity index (χ1) is 14.8. The van der Waals surface area contributed by atoms with E-state index < -0.39 is 11.5 Å². The van der Waals surface area contributed by atoms with Gasteiger partial charge in [0, 0.05) is 23.1 Å². The van der Waals surface area contributed by atoms with E-state index in [2.05, 4.69) is 16.2 Å². The quantitative estimate of drug-likeness (QED) is 0.452. The Bertz CT molecular complexity index is 1250. The van der Waals surface area contributed by atoms with Gasteiger partial charge in [-0.1, -0.05) is 30.3 Å². The third-order valence-corrected chi connectivity index (χ3v) is 5.40. The highest BCUT2D eigenvalue weighted by atomic mass is 16.5. The summed E-state index contributed by atoms with van der Waals surface area (Å²) in [5.41, 5.74) is 2.50. The molecule has 0 aliphatic heterocycles. The molecule has 0 bridgehead atoms. The van der Waals surface area contributed by atoms with E-state index in [1.54, 1.807) is 12.1 Å². The molecule has 0 aliphatic rings. The summed E-state index contributed by atoms with van der Waals surface area (Å²) in [5, 5.41) is 9.22. The molecule has 0 unspecified atom stereocenters. The first kappa shape index (κ1) is 21.8. The molecule has 2 aromatic heterocycles. The largest absolute Gasteiger partial charge is 0.465 e. The lowest BCUT2D eigenvalue weighted by Gasteiger charge is -2.19. The number of carbonyl (C=O) groups is 2. The maximum Gasteiger partial charge on any atom is 0.339 e. The van der Waals surface area contributed by atoms with E-state index in [4.69, 9.17) is 0 Å². The first-order valence-corrected chi connectivity index (χ1v) is 9.78. The molecule has 7 heteroatoms. The number of nitrogens with zero attached hydrogens (tertiary/aromatic N) is 3. The minimum absolute atomic E-state index is 0.0262. The molecule has 0 radical (unpaired) electrons. The maximum atomic E-state index is 13.1. The van der Waals surface area contributed by atoms with Crippen LogP contribution in [-0.2, 0) is 11.3 Å². The number of hydrogen-bond acceptors (Lipinski definition) is 5.